The second-order valence-electron chi connectivity index (χ2n) is 4.96. The minimum Gasteiger partial charge on any atom is -0.164 e. The van der Waals surface area contributed by atoms with Crippen LogP contribution >= 0.6 is 0 Å². The number of hydrogen-bond acceptors (Lipinski definition) is 0. The zero-order valence-electron chi connectivity index (χ0n) is 11.9. The number of hydrogen-bond donors (Lipinski definition) is 0. The Labute approximate surface area is 124 Å². The molecule has 2 rings (SSSR count). The monoisotopic (exact) mass is 284 g/mol. The van der Waals surface area contributed by atoms with Gasteiger partial charge in [0.15, 0.2) is 0 Å². The van der Waals surface area contributed by atoms with Gasteiger partial charge < -0.3 is 0 Å². The highest BCUT2D eigenvalue weighted by atomic mass is 19.3. The topological polar surface area (TPSA) is 0 Å². The molecule has 0 aromatic heterocycles. The van der Waals surface area contributed by atoms with Gasteiger partial charge in [0.05, 0.1) is 0 Å². The lowest BCUT2D eigenvalue weighted by Gasteiger charge is -2.06. The molecule has 0 N–H and O–H groups in total. The van der Waals surface area contributed by atoms with Crippen LogP contribution in [-0.4, -0.2) is 0 Å². The molecule has 0 aliphatic heterocycles. The molecule has 0 heterocycles. The summed E-state index contributed by atoms with van der Waals surface area (Å²) >= 11 is 0. The molecular weight excluding hydrogens is 266 g/mol. The average molecular weight is 284 g/mol. The molecule has 108 valence electrons. The zero-order valence-corrected chi connectivity index (χ0v) is 11.9. The summed E-state index contributed by atoms with van der Waals surface area (Å²) in [6, 6.07) is 19.8. The largest absolute Gasteiger partial charge is 0.313 e. The fourth-order valence-corrected chi connectivity index (χ4v) is 2.26. The minimum absolute atomic E-state index is 0.619. The van der Waals surface area contributed by atoms with Crippen LogP contribution < -0.4 is 0 Å². The Morgan fingerprint density at radius 1 is 0.714 bits per heavy atom. The lowest BCUT2D eigenvalue weighted by atomic mass is 9.99. The Balaban J connectivity index is 1.98. The lowest BCUT2D eigenvalue weighted by molar-refractivity contribution is 0.423. The molecule has 0 aliphatic carbocycles. The van der Waals surface area contributed by atoms with Crippen LogP contribution in [0.1, 0.15) is 24.0 Å². The molecule has 2 heteroatoms. The van der Waals surface area contributed by atoms with Crippen molar-refractivity contribution in [2.45, 2.75) is 25.7 Å². The van der Waals surface area contributed by atoms with Crippen LogP contribution in [0.5, 0.6) is 0 Å². The molecule has 0 atom stereocenters. The van der Waals surface area contributed by atoms with E-state index in [1.54, 1.807) is 0 Å². The Bertz CT molecular complexity index is 559. The molecule has 0 unspecified atom stereocenters. The van der Waals surface area contributed by atoms with Crippen LogP contribution in [0, 0.1) is 0 Å². The van der Waals surface area contributed by atoms with E-state index in [1.165, 1.54) is 0 Å². The van der Waals surface area contributed by atoms with Crippen LogP contribution in [0.25, 0.3) is 0 Å². The maximum absolute atomic E-state index is 12.5. The highest BCUT2D eigenvalue weighted by Crippen LogP contribution is 2.16. The van der Waals surface area contributed by atoms with E-state index in [0.717, 1.165) is 24.0 Å². The van der Waals surface area contributed by atoms with Gasteiger partial charge in [0, 0.05) is 0 Å². The molecule has 0 spiro atoms. The molecule has 0 aliphatic rings. The van der Waals surface area contributed by atoms with Crippen LogP contribution in [0.15, 0.2) is 78.0 Å². The van der Waals surface area contributed by atoms with Gasteiger partial charge in [-0.1, -0.05) is 66.4 Å². The maximum atomic E-state index is 12.5. The normalized spacial score (nSPS) is 10.0. The van der Waals surface area contributed by atoms with Gasteiger partial charge in [0.1, 0.15) is 0 Å². The summed E-state index contributed by atoms with van der Waals surface area (Å²) in [5.41, 5.74) is 5.23. The first-order valence-electron chi connectivity index (χ1n) is 7.11. The van der Waals surface area contributed by atoms with Crippen molar-refractivity contribution in [2.75, 3.05) is 0 Å². The number of halogens is 2. The summed E-state index contributed by atoms with van der Waals surface area (Å²) in [6.45, 7) is 0. The van der Waals surface area contributed by atoms with Gasteiger partial charge in [0.2, 0.25) is 0 Å². The number of allylic oxidation sites excluding steroid dienone is 1. The third-order valence-corrected chi connectivity index (χ3v) is 3.39. The summed E-state index contributed by atoms with van der Waals surface area (Å²) in [5, 5.41) is 0. The SMILES string of the molecule is FC(F)=C=C(CCc1ccccc1)CCc1ccccc1. The number of benzene rings is 2. The third kappa shape index (κ3) is 5.76. The van der Waals surface area contributed by atoms with E-state index in [9.17, 15) is 8.78 Å². The fraction of sp³-hybridized carbons (Fsp3) is 0.211. The third-order valence-electron chi connectivity index (χ3n) is 3.39. The van der Waals surface area contributed by atoms with Gasteiger partial charge in [-0.15, -0.1) is 0 Å². The van der Waals surface area contributed by atoms with E-state index >= 15 is 0 Å². The summed E-state index contributed by atoms with van der Waals surface area (Å²) in [7, 11) is 0. The molecule has 2 aromatic rings. The molecule has 0 bridgehead atoms. The van der Waals surface area contributed by atoms with E-state index in [1.807, 2.05) is 60.7 Å². The molecule has 0 saturated carbocycles. The summed E-state index contributed by atoms with van der Waals surface area (Å²) in [6.07, 6.45) is 1.05. The number of aryl methyl sites for hydroxylation is 2. The second-order valence-corrected chi connectivity index (χ2v) is 4.96. The van der Waals surface area contributed by atoms with Crippen molar-refractivity contribution in [2.24, 2.45) is 0 Å². The smallest absolute Gasteiger partial charge is 0.164 e. The summed E-state index contributed by atoms with van der Waals surface area (Å²) < 4.78 is 25.0. The van der Waals surface area contributed by atoms with E-state index in [2.05, 4.69) is 5.73 Å². The fourth-order valence-electron chi connectivity index (χ4n) is 2.26. The summed E-state index contributed by atoms with van der Waals surface area (Å²) in [5.74, 6) is 0. The second kappa shape index (κ2) is 8.18. The quantitative estimate of drug-likeness (QED) is 0.609. The van der Waals surface area contributed by atoms with Crippen molar-refractivity contribution in [1.82, 2.24) is 0 Å². The van der Waals surface area contributed by atoms with Gasteiger partial charge in [0.25, 0.3) is 0 Å². The van der Waals surface area contributed by atoms with Gasteiger partial charge >= 0.3 is 6.08 Å². The first-order valence-corrected chi connectivity index (χ1v) is 7.11. The van der Waals surface area contributed by atoms with Crippen molar-refractivity contribution < 1.29 is 8.78 Å². The standard InChI is InChI=1S/C19H18F2/c20-19(21)15-18(13-11-16-7-3-1-4-8-16)14-12-17-9-5-2-6-10-17/h1-10H,11-14H2. The minimum atomic E-state index is -1.73. The predicted octanol–water partition coefficient (Wildman–Crippen LogP) is 5.56. The zero-order chi connectivity index (χ0) is 14.9. The van der Waals surface area contributed by atoms with E-state index in [-0.39, 0.29) is 0 Å². The molecule has 0 amide bonds. The molecule has 0 radical (unpaired) electrons. The highest BCUT2D eigenvalue weighted by Gasteiger charge is 2.02. The van der Waals surface area contributed by atoms with Gasteiger partial charge in [-0.2, -0.15) is 8.78 Å². The number of rotatable bonds is 6. The van der Waals surface area contributed by atoms with Crippen LogP contribution in [0.4, 0.5) is 8.78 Å². The van der Waals surface area contributed by atoms with Crippen molar-refractivity contribution in [3.63, 3.8) is 0 Å². The van der Waals surface area contributed by atoms with E-state index in [0.29, 0.717) is 18.4 Å². The lowest BCUT2D eigenvalue weighted by Crippen LogP contribution is -1.92. The molecule has 2 aromatic carbocycles. The van der Waals surface area contributed by atoms with Crippen molar-refractivity contribution in [3.05, 3.63) is 89.2 Å². The Hall–Kier alpha value is -2.18. The van der Waals surface area contributed by atoms with Gasteiger partial charge in [-0.3, -0.25) is 0 Å². The molecule has 0 saturated heterocycles. The first-order chi connectivity index (χ1) is 10.2. The van der Waals surface area contributed by atoms with E-state index < -0.39 is 6.08 Å². The first kappa shape index (κ1) is 15.2. The highest BCUT2D eigenvalue weighted by molar-refractivity contribution is 5.19. The van der Waals surface area contributed by atoms with Crippen LogP contribution in [-0.2, 0) is 12.8 Å². The predicted molar refractivity (Wildman–Crippen MR) is 82.3 cm³/mol. The Morgan fingerprint density at radius 2 is 1.14 bits per heavy atom. The molecule has 21 heavy (non-hydrogen) atoms. The Kier molecular flexibility index (Phi) is 5.93. The Morgan fingerprint density at radius 3 is 1.52 bits per heavy atom. The van der Waals surface area contributed by atoms with Crippen molar-refractivity contribution in [1.29, 1.82) is 0 Å². The molecular formula is C19H18F2. The van der Waals surface area contributed by atoms with E-state index in [4.69, 9.17) is 0 Å². The van der Waals surface area contributed by atoms with Crippen LogP contribution in [0.3, 0.4) is 0 Å². The summed E-state index contributed by atoms with van der Waals surface area (Å²) in [4.78, 5) is 0. The average Bonchev–Trinajstić information content (AvgIpc) is 2.51. The van der Waals surface area contributed by atoms with Gasteiger partial charge in [-0.25, -0.2) is 0 Å². The van der Waals surface area contributed by atoms with Crippen molar-refractivity contribution >= 4 is 0 Å². The van der Waals surface area contributed by atoms with Gasteiger partial charge in [-0.05, 0) is 42.4 Å². The van der Waals surface area contributed by atoms with Crippen molar-refractivity contribution in [3.8, 4) is 0 Å². The van der Waals surface area contributed by atoms with Crippen LogP contribution in [0.2, 0.25) is 0 Å². The molecule has 0 fully saturated rings. The molecule has 0 nitrogen and oxygen atoms in total. The maximum Gasteiger partial charge on any atom is 0.313 e.